The minimum Gasteiger partial charge on any atom is -0.348 e. The van der Waals surface area contributed by atoms with Crippen LogP contribution in [0.15, 0.2) is 36.4 Å². The van der Waals surface area contributed by atoms with Crippen molar-refractivity contribution < 1.29 is 17.6 Å². The number of carbonyl (C=O) groups excluding carboxylic acids is 1. The topological polar surface area (TPSA) is 63.2 Å². The zero-order valence-electron chi connectivity index (χ0n) is 13.0. The molecule has 1 amide bonds. The van der Waals surface area contributed by atoms with Crippen molar-refractivity contribution in [1.29, 1.82) is 0 Å². The molecule has 0 saturated carbocycles. The van der Waals surface area contributed by atoms with E-state index in [2.05, 4.69) is 5.32 Å². The Morgan fingerprint density at radius 1 is 1.27 bits per heavy atom. The molecule has 0 bridgehead atoms. The van der Waals surface area contributed by atoms with Crippen LogP contribution in [0.1, 0.15) is 32.4 Å². The molecule has 0 fully saturated rings. The van der Waals surface area contributed by atoms with Gasteiger partial charge in [-0.1, -0.05) is 38.1 Å². The van der Waals surface area contributed by atoms with Crippen molar-refractivity contribution in [3.05, 3.63) is 47.8 Å². The number of benzene rings is 1. The standard InChI is InChI=1S/C16H22FNO3S/c1-4-5-10-22(20,21)11-15(19)18-16(12(2)3)13-6-8-14(17)9-7-13/h4-9,12,16H,10-11H2,1-3H3,(H,18,19)/b5-4+. The van der Waals surface area contributed by atoms with E-state index < -0.39 is 21.5 Å². The van der Waals surface area contributed by atoms with Crippen LogP contribution in [0.4, 0.5) is 4.39 Å². The quantitative estimate of drug-likeness (QED) is 0.783. The smallest absolute Gasteiger partial charge is 0.235 e. The lowest BCUT2D eigenvalue weighted by Gasteiger charge is -2.23. The predicted octanol–water partition coefficient (Wildman–Crippen LogP) is 2.63. The number of hydrogen-bond acceptors (Lipinski definition) is 3. The maximum absolute atomic E-state index is 13.0. The number of carbonyl (C=O) groups is 1. The van der Waals surface area contributed by atoms with Crippen LogP contribution in [0.25, 0.3) is 0 Å². The molecule has 1 N–H and O–H groups in total. The minimum atomic E-state index is -3.46. The van der Waals surface area contributed by atoms with E-state index in [1.807, 2.05) is 13.8 Å². The molecular weight excluding hydrogens is 305 g/mol. The maximum Gasteiger partial charge on any atom is 0.235 e. The summed E-state index contributed by atoms with van der Waals surface area (Å²) in [5, 5.41) is 2.72. The monoisotopic (exact) mass is 327 g/mol. The van der Waals surface area contributed by atoms with Crippen LogP contribution in [0.2, 0.25) is 0 Å². The zero-order valence-corrected chi connectivity index (χ0v) is 13.9. The minimum absolute atomic E-state index is 0.0488. The first-order valence-electron chi connectivity index (χ1n) is 7.11. The van der Waals surface area contributed by atoms with Crippen molar-refractivity contribution in [2.75, 3.05) is 11.5 Å². The lowest BCUT2D eigenvalue weighted by Crippen LogP contribution is -2.36. The van der Waals surface area contributed by atoms with E-state index >= 15 is 0 Å². The van der Waals surface area contributed by atoms with Crippen molar-refractivity contribution in [2.45, 2.75) is 26.8 Å². The van der Waals surface area contributed by atoms with Gasteiger partial charge in [0, 0.05) is 0 Å². The molecule has 0 saturated heterocycles. The molecule has 1 unspecified atom stereocenters. The first-order valence-corrected chi connectivity index (χ1v) is 8.93. The van der Waals surface area contributed by atoms with Gasteiger partial charge in [-0.2, -0.15) is 0 Å². The Balaban J connectivity index is 2.79. The number of amides is 1. The lowest BCUT2D eigenvalue weighted by atomic mass is 9.96. The van der Waals surface area contributed by atoms with Gasteiger partial charge in [0.25, 0.3) is 0 Å². The van der Waals surface area contributed by atoms with Crippen LogP contribution in [0.3, 0.4) is 0 Å². The second-order valence-electron chi connectivity index (χ2n) is 5.46. The van der Waals surface area contributed by atoms with Gasteiger partial charge >= 0.3 is 0 Å². The molecule has 22 heavy (non-hydrogen) atoms. The summed E-state index contributed by atoms with van der Waals surface area (Å²) in [5.41, 5.74) is 0.746. The van der Waals surface area contributed by atoms with Gasteiger partial charge in [0.1, 0.15) is 11.6 Å². The van der Waals surface area contributed by atoms with Crippen LogP contribution in [0.5, 0.6) is 0 Å². The summed E-state index contributed by atoms with van der Waals surface area (Å²) in [4.78, 5) is 12.0. The third-order valence-corrected chi connectivity index (χ3v) is 4.55. The van der Waals surface area contributed by atoms with Gasteiger partial charge in [0.2, 0.25) is 5.91 Å². The molecule has 122 valence electrons. The highest BCUT2D eigenvalue weighted by Crippen LogP contribution is 2.21. The normalized spacial score (nSPS) is 13.5. The van der Waals surface area contributed by atoms with Gasteiger partial charge in [-0.05, 0) is 30.5 Å². The van der Waals surface area contributed by atoms with Gasteiger partial charge in [-0.3, -0.25) is 4.79 Å². The summed E-state index contributed by atoms with van der Waals surface area (Å²) in [5.74, 6) is -1.56. The Morgan fingerprint density at radius 3 is 2.36 bits per heavy atom. The number of rotatable bonds is 7. The highest BCUT2D eigenvalue weighted by molar-refractivity contribution is 7.92. The summed E-state index contributed by atoms with van der Waals surface area (Å²) in [6.45, 7) is 5.53. The molecule has 1 atom stereocenters. The molecular formula is C16H22FNO3S. The molecule has 1 aromatic rings. The summed E-state index contributed by atoms with van der Waals surface area (Å²) in [7, 11) is -3.46. The largest absolute Gasteiger partial charge is 0.348 e. The van der Waals surface area contributed by atoms with Gasteiger partial charge < -0.3 is 5.32 Å². The number of hydrogen-bond donors (Lipinski definition) is 1. The third kappa shape index (κ3) is 5.97. The summed E-state index contributed by atoms with van der Waals surface area (Å²) in [6.07, 6.45) is 3.13. The Morgan fingerprint density at radius 2 is 1.86 bits per heavy atom. The number of nitrogens with one attached hydrogen (secondary N) is 1. The number of sulfone groups is 1. The molecule has 0 spiro atoms. The molecule has 1 aromatic carbocycles. The first kappa shape index (κ1) is 18.4. The summed E-state index contributed by atoms with van der Waals surface area (Å²) in [6, 6.07) is 5.47. The molecule has 0 aliphatic heterocycles. The first-order chi connectivity index (χ1) is 10.2. The summed E-state index contributed by atoms with van der Waals surface area (Å²) < 4.78 is 36.5. The van der Waals surface area contributed by atoms with E-state index in [1.165, 1.54) is 18.2 Å². The van der Waals surface area contributed by atoms with E-state index in [4.69, 9.17) is 0 Å². The van der Waals surface area contributed by atoms with E-state index in [9.17, 15) is 17.6 Å². The summed E-state index contributed by atoms with van der Waals surface area (Å²) >= 11 is 0. The average molecular weight is 327 g/mol. The Bertz CT molecular complexity index is 621. The van der Waals surface area contributed by atoms with E-state index in [-0.39, 0.29) is 23.5 Å². The molecule has 0 aliphatic rings. The van der Waals surface area contributed by atoms with Crippen LogP contribution in [-0.2, 0) is 14.6 Å². The molecule has 4 nitrogen and oxygen atoms in total. The molecule has 6 heteroatoms. The van der Waals surface area contributed by atoms with E-state index in [0.29, 0.717) is 0 Å². The van der Waals surface area contributed by atoms with Crippen LogP contribution in [-0.4, -0.2) is 25.8 Å². The predicted molar refractivity (Wildman–Crippen MR) is 85.6 cm³/mol. The van der Waals surface area contributed by atoms with Crippen LogP contribution >= 0.6 is 0 Å². The Kier molecular flexibility index (Phi) is 6.74. The Labute approximate surface area is 131 Å². The van der Waals surface area contributed by atoms with Crippen LogP contribution < -0.4 is 5.32 Å². The second kappa shape index (κ2) is 8.08. The molecule has 0 aromatic heterocycles. The van der Waals surface area contributed by atoms with Crippen molar-refractivity contribution in [2.24, 2.45) is 5.92 Å². The van der Waals surface area contributed by atoms with Crippen molar-refractivity contribution >= 4 is 15.7 Å². The van der Waals surface area contributed by atoms with Gasteiger partial charge in [0.05, 0.1) is 11.8 Å². The third-order valence-electron chi connectivity index (χ3n) is 3.15. The maximum atomic E-state index is 13.0. The van der Waals surface area contributed by atoms with Crippen molar-refractivity contribution in [3.8, 4) is 0 Å². The zero-order chi connectivity index (χ0) is 16.8. The van der Waals surface area contributed by atoms with Crippen molar-refractivity contribution in [3.63, 3.8) is 0 Å². The fourth-order valence-corrected chi connectivity index (χ4v) is 3.11. The van der Waals surface area contributed by atoms with Crippen molar-refractivity contribution in [1.82, 2.24) is 5.32 Å². The Hall–Kier alpha value is -1.69. The van der Waals surface area contributed by atoms with Gasteiger partial charge in [-0.15, -0.1) is 0 Å². The van der Waals surface area contributed by atoms with Gasteiger partial charge in [-0.25, -0.2) is 12.8 Å². The molecule has 0 radical (unpaired) electrons. The average Bonchev–Trinajstić information content (AvgIpc) is 2.43. The van der Waals surface area contributed by atoms with Gasteiger partial charge in [0.15, 0.2) is 9.84 Å². The molecule has 0 heterocycles. The fourth-order valence-electron chi connectivity index (χ4n) is 2.02. The van der Waals surface area contributed by atoms with E-state index in [1.54, 1.807) is 25.1 Å². The molecule has 1 rings (SSSR count). The highest BCUT2D eigenvalue weighted by Gasteiger charge is 2.21. The number of allylic oxidation sites excluding steroid dienone is 1. The SMILES string of the molecule is C/C=C/CS(=O)(=O)CC(=O)NC(c1ccc(F)cc1)C(C)C. The number of halogens is 1. The van der Waals surface area contributed by atoms with E-state index in [0.717, 1.165) is 5.56 Å². The highest BCUT2D eigenvalue weighted by atomic mass is 32.2. The lowest BCUT2D eigenvalue weighted by molar-refractivity contribution is -0.119. The second-order valence-corrected chi connectivity index (χ2v) is 7.57. The van der Waals surface area contributed by atoms with Crippen LogP contribution in [0, 0.1) is 11.7 Å². The molecule has 0 aliphatic carbocycles. The fraction of sp³-hybridized carbons (Fsp3) is 0.438.